The Balaban J connectivity index is 1.92. The lowest BCUT2D eigenvalue weighted by Gasteiger charge is -2.28. The monoisotopic (exact) mass is 414 g/mol. The zero-order chi connectivity index (χ0) is 21.8. The minimum Gasteiger partial charge on any atom is -0.465 e. The summed E-state index contributed by atoms with van der Waals surface area (Å²) in [5, 5.41) is 0. The highest BCUT2D eigenvalue weighted by atomic mass is 16.5. The molecule has 1 aliphatic carbocycles. The van der Waals surface area contributed by atoms with Gasteiger partial charge in [-0.2, -0.15) is 0 Å². The molecule has 1 aromatic rings. The van der Waals surface area contributed by atoms with Crippen LogP contribution in [0, 0.1) is 17.8 Å². The van der Waals surface area contributed by atoms with E-state index in [0.29, 0.717) is 25.4 Å². The molecular weight excluding hydrogens is 376 g/mol. The molecule has 4 heteroatoms. The first-order valence-corrected chi connectivity index (χ1v) is 11.6. The number of carbonyl (C=O) groups excluding carboxylic acids is 2. The first kappa shape index (κ1) is 24.2. The third kappa shape index (κ3) is 7.97. The van der Waals surface area contributed by atoms with Gasteiger partial charge in [0, 0.05) is 0 Å². The number of esters is 2. The second-order valence-corrected chi connectivity index (χ2v) is 8.58. The van der Waals surface area contributed by atoms with Gasteiger partial charge in [-0.05, 0) is 44.1 Å². The maximum atomic E-state index is 12.9. The summed E-state index contributed by atoms with van der Waals surface area (Å²) < 4.78 is 11.3. The molecule has 1 aromatic carbocycles. The van der Waals surface area contributed by atoms with Crippen LogP contribution in [0.15, 0.2) is 42.0 Å². The number of benzene rings is 1. The van der Waals surface area contributed by atoms with Crippen molar-refractivity contribution in [3.8, 4) is 0 Å². The predicted molar refractivity (Wildman–Crippen MR) is 120 cm³/mol. The van der Waals surface area contributed by atoms with Gasteiger partial charge in [0.05, 0.1) is 18.4 Å². The SMILES string of the molecule is CCCCCC(CCC)COC(=O)C1CC(C)=CCC1C(=O)OCc1ccccc1. The van der Waals surface area contributed by atoms with E-state index in [9.17, 15) is 9.59 Å². The fourth-order valence-corrected chi connectivity index (χ4v) is 4.12. The van der Waals surface area contributed by atoms with Gasteiger partial charge >= 0.3 is 11.9 Å². The average molecular weight is 415 g/mol. The number of hydrogen-bond acceptors (Lipinski definition) is 4. The molecule has 0 amide bonds. The van der Waals surface area contributed by atoms with Crippen molar-refractivity contribution in [1.82, 2.24) is 0 Å². The van der Waals surface area contributed by atoms with E-state index in [4.69, 9.17) is 9.47 Å². The van der Waals surface area contributed by atoms with E-state index in [1.54, 1.807) is 0 Å². The number of allylic oxidation sites excluding steroid dienone is 2. The van der Waals surface area contributed by atoms with E-state index >= 15 is 0 Å². The lowest BCUT2D eigenvalue weighted by atomic mass is 9.80. The summed E-state index contributed by atoms with van der Waals surface area (Å²) in [7, 11) is 0. The molecule has 1 aliphatic rings. The van der Waals surface area contributed by atoms with E-state index in [0.717, 1.165) is 30.4 Å². The van der Waals surface area contributed by atoms with Gasteiger partial charge < -0.3 is 9.47 Å². The molecule has 30 heavy (non-hydrogen) atoms. The van der Waals surface area contributed by atoms with E-state index < -0.39 is 11.8 Å². The molecule has 0 heterocycles. The van der Waals surface area contributed by atoms with Crippen molar-refractivity contribution < 1.29 is 19.1 Å². The zero-order valence-corrected chi connectivity index (χ0v) is 18.9. The molecule has 0 N–H and O–H groups in total. The smallest absolute Gasteiger partial charge is 0.310 e. The van der Waals surface area contributed by atoms with Gasteiger partial charge in [-0.1, -0.05) is 81.5 Å². The van der Waals surface area contributed by atoms with Gasteiger partial charge in [-0.25, -0.2) is 0 Å². The standard InChI is InChI=1S/C26H38O4/c1-4-6-8-12-21(11-5-2)18-30-26(28)24-17-20(3)15-16-23(24)25(27)29-19-22-13-9-7-10-14-22/h7,9-10,13-15,21,23-24H,4-6,8,11-12,16-19H2,1-3H3. The molecule has 166 valence electrons. The second kappa shape index (κ2) is 13.3. The van der Waals surface area contributed by atoms with E-state index in [1.807, 2.05) is 43.3 Å². The van der Waals surface area contributed by atoms with Crippen molar-refractivity contribution in [2.24, 2.45) is 17.8 Å². The molecular formula is C26H38O4. The molecule has 3 unspecified atom stereocenters. The second-order valence-electron chi connectivity index (χ2n) is 8.58. The lowest BCUT2D eigenvalue weighted by molar-refractivity contribution is -0.162. The summed E-state index contributed by atoms with van der Waals surface area (Å²) in [4.78, 5) is 25.7. The molecule has 3 atom stereocenters. The Morgan fingerprint density at radius 2 is 1.70 bits per heavy atom. The van der Waals surface area contributed by atoms with E-state index in [-0.39, 0.29) is 18.5 Å². The molecule has 0 spiro atoms. The highest BCUT2D eigenvalue weighted by Crippen LogP contribution is 2.32. The van der Waals surface area contributed by atoms with Gasteiger partial charge in [0.25, 0.3) is 0 Å². The van der Waals surface area contributed by atoms with E-state index in [2.05, 4.69) is 13.8 Å². The largest absolute Gasteiger partial charge is 0.465 e. The number of unbranched alkanes of at least 4 members (excludes halogenated alkanes) is 2. The van der Waals surface area contributed by atoms with Crippen molar-refractivity contribution in [2.75, 3.05) is 6.61 Å². The van der Waals surface area contributed by atoms with Crippen LogP contribution in [0.4, 0.5) is 0 Å². The van der Waals surface area contributed by atoms with Crippen molar-refractivity contribution in [1.29, 1.82) is 0 Å². The van der Waals surface area contributed by atoms with Gasteiger partial charge in [-0.3, -0.25) is 9.59 Å². The Kier molecular flexibility index (Phi) is 10.7. The number of hydrogen-bond donors (Lipinski definition) is 0. The van der Waals surface area contributed by atoms with Crippen LogP contribution in [0.5, 0.6) is 0 Å². The first-order chi connectivity index (χ1) is 14.5. The third-order valence-corrected chi connectivity index (χ3v) is 5.95. The fraction of sp³-hybridized carbons (Fsp3) is 0.615. The van der Waals surface area contributed by atoms with Gasteiger partial charge in [0.2, 0.25) is 0 Å². The van der Waals surface area contributed by atoms with Gasteiger partial charge in [0.15, 0.2) is 0 Å². The lowest BCUT2D eigenvalue weighted by Crippen LogP contribution is -2.35. The summed E-state index contributed by atoms with van der Waals surface area (Å²) in [6, 6.07) is 9.62. The molecule has 0 saturated carbocycles. The van der Waals surface area contributed by atoms with Gasteiger partial charge in [-0.15, -0.1) is 0 Å². The molecule has 0 radical (unpaired) electrons. The third-order valence-electron chi connectivity index (χ3n) is 5.95. The maximum Gasteiger partial charge on any atom is 0.310 e. The van der Waals surface area contributed by atoms with Crippen LogP contribution < -0.4 is 0 Å². The predicted octanol–water partition coefficient (Wildman–Crippen LogP) is 6.24. The van der Waals surface area contributed by atoms with Crippen LogP contribution >= 0.6 is 0 Å². The normalized spacial score (nSPS) is 19.6. The summed E-state index contributed by atoms with van der Waals surface area (Å²) in [6.45, 7) is 7.07. The van der Waals surface area contributed by atoms with E-state index in [1.165, 1.54) is 19.3 Å². The summed E-state index contributed by atoms with van der Waals surface area (Å²) in [5.74, 6) is -1.06. The summed E-state index contributed by atoms with van der Waals surface area (Å²) >= 11 is 0. The first-order valence-electron chi connectivity index (χ1n) is 11.6. The van der Waals surface area contributed by atoms with Crippen LogP contribution in [-0.4, -0.2) is 18.5 Å². The average Bonchev–Trinajstić information content (AvgIpc) is 2.76. The van der Waals surface area contributed by atoms with Crippen LogP contribution in [0.1, 0.15) is 77.7 Å². The fourth-order valence-electron chi connectivity index (χ4n) is 4.12. The van der Waals surface area contributed by atoms with Crippen LogP contribution in [0.25, 0.3) is 0 Å². The highest BCUT2D eigenvalue weighted by molar-refractivity contribution is 5.83. The van der Waals surface area contributed by atoms with Crippen molar-refractivity contribution in [3.05, 3.63) is 47.5 Å². The minimum atomic E-state index is -0.463. The van der Waals surface area contributed by atoms with Crippen molar-refractivity contribution >= 4 is 11.9 Å². The maximum absolute atomic E-state index is 12.9. The Labute approximate surface area is 182 Å². The Hall–Kier alpha value is -2.10. The van der Waals surface area contributed by atoms with Crippen molar-refractivity contribution in [2.45, 2.75) is 78.7 Å². The number of ether oxygens (including phenoxy) is 2. The minimum absolute atomic E-state index is 0.233. The molecule has 0 aromatic heterocycles. The summed E-state index contributed by atoms with van der Waals surface area (Å²) in [6.07, 6.45) is 10.0. The molecule has 2 rings (SSSR count). The van der Waals surface area contributed by atoms with Crippen LogP contribution in [0.3, 0.4) is 0 Å². The zero-order valence-electron chi connectivity index (χ0n) is 18.9. The van der Waals surface area contributed by atoms with Crippen LogP contribution in [0.2, 0.25) is 0 Å². The Morgan fingerprint density at radius 3 is 2.40 bits per heavy atom. The quantitative estimate of drug-likeness (QED) is 0.231. The molecule has 0 bridgehead atoms. The number of carbonyl (C=O) groups is 2. The molecule has 0 fully saturated rings. The topological polar surface area (TPSA) is 52.6 Å². The van der Waals surface area contributed by atoms with Crippen molar-refractivity contribution in [3.63, 3.8) is 0 Å². The molecule has 0 aliphatic heterocycles. The Morgan fingerprint density at radius 1 is 0.967 bits per heavy atom. The number of rotatable bonds is 12. The molecule has 0 saturated heterocycles. The molecule has 4 nitrogen and oxygen atoms in total. The van der Waals surface area contributed by atoms with Gasteiger partial charge in [0.1, 0.15) is 6.61 Å². The Bertz CT molecular complexity index is 680. The highest BCUT2D eigenvalue weighted by Gasteiger charge is 2.37. The summed E-state index contributed by atoms with van der Waals surface area (Å²) in [5.41, 5.74) is 2.08. The van der Waals surface area contributed by atoms with Crippen LogP contribution in [-0.2, 0) is 25.7 Å².